The molecule has 0 radical (unpaired) electrons. The van der Waals surface area contributed by atoms with Crippen molar-refractivity contribution in [3.05, 3.63) is 65.4 Å². The summed E-state index contributed by atoms with van der Waals surface area (Å²) in [6.45, 7) is 2.55. The third-order valence-corrected chi connectivity index (χ3v) is 4.08. The van der Waals surface area contributed by atoms with Gasteiger partial charge < -0.3 is 15.2 Å². The fourth-order valence-electron chi connectivity index (χ4n) is 2.76. The van der Waals surface area contributed by atoms with Gasteiger partial charge >= 0.3 is 0 Å². The molecule has 1 amide bonds. The molecule has 4 heteroatoms. The van der Waals surface area contributed by atoms with E-state index in [-0.39, 0.29) is 5.91 Å². The van der Waals surface area contributed by atoms with Crippen molar-refractivity contribution in [3.8, 4) is 0 Å². The van der Waals surface area contributed by atoms with Gasteiger partial charge in [-0.25, -0.2) is 0 Å². The van der Waals surface area contributed by atoms with Gasteiger partial charge in [-0.3, -0.25) is 4.79 Å². The summed E-state index contributed by atoms with van der Waals surface area (Å²) < 4.78 is 0. The van der Waals surface area contributed by atoms with Gasteiger partial charge in [0.25, 0.3) is 5.91 Å². The monoisotopic (exact) mass is 307 g/mol. The summed E-state index contributed by atoms with van der Waals surface area (Å²) in [6.07, 6.45) is 0. The average Bonchev–Trinajstić information content (AvgIpc) is 2.88. The Hall–Kier alpha value is -2.75. The minimum atomic E-state index is -0.0571. The number of para-hydroxylation sites is 1. The largest absolute Gasteiger partial charge is 0.378 e. The molecule has 1 heterocycles. The van der Waals surface area contributed by atoms with Gasteiger partial charge in [-0.15, -0.1) is 0 Å². The van der Waals surface area contributed by atoms with Crippen LogP contribution in [0.4, 0.5) is 5.69 Å². The van der Waals surface area contributed by atoms with Gasteiger partial charge in [0.15, 0.2) is 0 Å². The first-order chi connectivity index (χ1) is 11.1. The molecule has 3 aromatic rings. The van der Waals surface area contributed by atoms with Crippen LogP contribution in [0.2, 0.25) is 0 Å². The van der Waals surface area contributed by atoms with E-state index in [4.69, 9.17) is 0 Å². The van der Waals surface area contributed by atoms with E-state index in [0.29, 0.717) is 12.1 Å². The number of aryl methyl sites for hydroxylation is 1. The number of nitrogens with one attached hydrogen (secondary N) is 2. The third-order valence-electron chi connectivity index (χ3n) is 4.08. The molecule has 1 aromatic heterocycles. The Labute approximate surface area is 136 Å². The van der Waals surface area contributed by atoms with E-state index < -0.39 is 0 Å². The van der Waals surface area contributed by atoms with Gasteiger partial charge in [-0.2, -0.15) is 0 Å². The molecule has 23 heavy (non-hydrogen) atoms. The molecule has 0 unspecified atom stereocenters. The Kier molecular flexibility index (Phi) is 4.06. The number of aromatic nitrogens is 1. The van der Waals surface area contributed by atoms with Crippen molar-refractivity contribution in [1.29, 1.82) is 0 Å². The number of nitrogens with zero attached hydrogens (tertiary/aromatic N) is 1. The van der Waals surface area contributed by atoms with Crippen LogP contribution in [-0.2, 0) is 6.54 Å². The summed E-state index contributed by atoms with van der Waals surface area (Å²) in [5, 5.41) is 4.18. The number of carbonyl (C=O) groups excluding carboxylic acids is 1. The zero-order valence-electron chi connectivity index (χ0n) is 13.7. The Morgan fingerprint density at radius 2 is 1.91 bits per heavy atom. The molecule has 0 bridgehead atoms. The summed E-state index contributed by atoms with van der Waals surface area (Å²) in [5.41, 5.74) is 5.02. The Morgan fingerprint density at radius 3 is 2.70 bits per heavy atom. The topological polar surface area (TPSA) is 48.1 Å². The van der Waals surface area contributed by atoms with Gasteiger partial charge in [-0.05, 0) is 36.8 Å². The Balaban J connectivity index is 1.78. The van der Waals surface area contributed by atoms with Crippen molar-refractivity contribution in [2.24, 2.45) is 0 Å². The lowest BCUT2D eigenvalue weighted by Gasteiger charge is -2.13. The molecule has 2 N–H and O–H groups in total. The highest BCUT2D eigenvalue weighted by Crippen LogP contribution is 2.21. The van der Waals surface area contributed by atoms with Crippen LogP contribution in [0.15, 0.2) is 48.5 Å². The SMILES string of the molecule is Cc1[nH]c2ccccc2c1CNC(=O)c1cccc(N(C)C)c1. The van der Waals surface area contributed by atoms with E-state index in [9.17, 15) is 4.79 Å². The van der Waals surface area contributed by atoms with Gasteiger partial charge in [0, 0.05) is 48.5 Å². The van der Waals surface area contributed by atoms with E-state index in [1.54, 1.807) is 0 Å². The quantitative estimate of drug-likeness (QED) is 0.775. The summed E-state index contributed by atoms with van der Waals surface area (Å²) in [4.78, 5) is 17.8. The fourth-order valence-corrected chi connectivity index (χ4v) is 2.76. The number of rotatable bonds is 4. The van der Waals surface area contributed by atoms with Gasteiger partial charge in [0.1, 0.15) is 0 Å². The molecule has 0 aliphatic rings. The highest BCUT2D eigenvalue weighted by atomic mass is 16.1. The number of anilines is 1. The Bertz CT molecular complexity index is 849. The summed E-state index contributed by atoms with van der Waals surface area (Å²) in [5.74, 6) is -0.0571. The zero-order valence-corrected chi connectivity index (χ0v) is 13.7. The summed E-state index contributed by atoms with van der Waals surface area (Å²) >= 11 is 0. The molecule has 3 rings (SSSR count). The van der Waals surface area contributed by atoms with Gasteiger partial charge in [0.05, 0.1) is 0 Å². The second-order valence-electron chi connectivity index (χ2n) is 5.90. The van der Waals surface area contributed by atoms with Crippen LogP contribution < -0.4 is 10.2 Å². The van der Waals surface area contributed by atoms with Crippen LogP contribution >= 0.6 is 0 Å². The molecule has 2 aromatic carbocycles. The van der Waals surface area contributed by atoms with E-state index in [0.717, 1.165) is 27.8 Å². The first-order valence-electron chi connectivity index (χ1n) is 7.68. The normalized spacial score (nSPS) is 10.7. The van der Waals surface area contributed by atoms with Crippen molar-refractivity contribution in [1.82, 2.24) is 10.3 Å². The van der Waals surface area contributed by atoms with E-state index in [1.807, 2.05) is 68.4 Å². The van der Waals surface area contributed by atoms with Crippen LogP contribution in [0, 0.1) is 6.92 Å². The van der Waals surface area contributed by atoms with Crippen LogP contribution in [0.5, 0.6) is 0 Å². The molecule has 0 aliphatic carbocycles. The number of carbonyl (C=O) groups is 1. The van der Waals surface area contributed by atoms with Crippen molar-refractivity contribution < 1.29 is 4.79 Å². The highest BCUT2D eigenvalue weighted by molar-refractivity contribution is 5.95. The second-order valence-corrected chi connectivity index (χ2v) is 5.90. The number of H-pyrrole nitrogens is 1. The minimum absolute atomic E-state index is 0.0571. The van der Waals surface area contributed by atoms with Crippen molar-refractivity contribution in [2.75, 3.05) is 19.0 Å². The number of benzene rings is 2. The number of fused-ring (bicyclic) bond motifs is 1. The minimum Gasteiger partial charge on any atom is -0.378 e. The summed E-state index contributed by atoms with van der Waals surface area (Å²) in [6, 6.07) is 15.8. The molecule has 0 aliphatic heterocycles. The Morgan fingerprint density at radius 1 is 1.13 bits per heavy atom. The van der Waals surface area contributed by atoms with Crippen molar-refractivity contribution in [2.45, 2.75) is 13.5 Å². The molecular weight excluding hydrogens is 286 g/mol. The van der Waals surface area contributed by atoms with Crippen LogP contribution in [0.3, 0.4) is 0 Å². The van der Waals surface area contributed by atoms with E-state index in [1.165, 1.54) is 0 Å². The lowest BCUT2D eigenvalue weighted by atomic mass is 10.1. The number of amides is 1. The highest BCUT2D eigenvalue weighted by Gasteiger charge is 2.11. The maximum atomic E-state index is 12.4. The zero-order chi connectivity index (χ0) is 16.4. The molecule has 0 fully saturated rings. The predicted octanol–water partition coefficient (Wildman–Crippen LogP) is 3.47. The molecule has 0 saturated carbocycles. The van der Waals surface area contributed by atoms with Crippen LogP contribution in [0.1, 0.15) is 21.6 Å². The smallest absolute Gasteiger partial charge is 0.251 e. The maximum Gasteiger partial charge on any atom is 0.251 e. The molecule has 0 saturated heterocycles. The molecule has 118 valence electrons. The van der Waals surface area contributed by atoms with Gasteiger partial charge in [-0.1, -0.05) is 24.3 Å². The predicted molar refractivity (Wildman–Crippen MR) is 95.0 cm³/mol. The van der Waals surface area contributed by atoms with Gasteiger partial charge in [0.2, 0.25) is 0 Å². The third kappa shape index (κ3) is 3.06. The maximum absolute atomic E-state index is 12.4. The van der Waals surface area contributed by atoms with Crippen LogP contribution in [-0.4, -0.2) is 25.0 Å². The number of hydrogen-bond donors (Lipinski definition) is 2. The van der Waals surface area contributed by atoms with Crippen LogP contribution in [0.25, 0.3) is 10.9 Å². The average molecular weight is 307 g/mol. The number of aromatic amines is 1. The number of hydrogen-bond acceptors (Lipinski definition) is 2. The molecule has 0 atom stereocenters. The van der Waals surface area contributed by atoms with Crippen molar-refractivity contribution >= 4 is 22.5 Å². The molecule has 0 spiro atoms. The van der Waals surface area contributed by atoms with Crippen molar-refractivity contribution in [3.63, 3.8) is 0 Å². The van der Waals surface area contributed by atoms with E-state index in [2.05, 4.69) is 16.4 Å². The second kappa shape index (κ2) is 6.16. The summed E-state index contributed by atoms with van der Waals surface area (Å²) in [7, 11) is 3.93. The van der Waals surface area contributed by atoms with E-state index >= 15 is 0 Å². The standard InChI is InChI=1S/C19H21N3O/c1-13-17(16-9-4-5-10-18(16)21-13)12-20-19(23)14-7-6-8-15(11-14)22(2)3/h4-11,21H,12H2,1-3H3,(H,20,23). The fraction of sp³-hybridized carbons (Fsp3) is 0.211. The molecular formula is C19H21N3O. The first-order valence-corrected chi connectivity index (χ1v) is 7.68. The lowest BCUT2D eigenvalue weighted by molar-refractivity contribution is 0.0951. The lowest BCUT2D eigenvalue weighted by Crippen LogP contribution is -2.23. The molecule has 4 nitrogen and oxygen atoms in total. The first kappa shape index (κ1) is 15.2.